The number of nitrogens with one attached hydrogen (secondary N) is 1. The van der Waals surface area contributed by atoms with Gasteiger partial charge < -0.3 is 15.8 Å². The molecule has 0 spiro atoms. The number of nitrogens with two attached hydrogens (primary N) is 1. The van der Waals surface area contributed by atoms with Crippen molar-refractivity contribution in [1.29, 1.82) is 10.5 Å². The first-order chi connectivity index (χ1) is 12.5. The highest BCUT2D eigenvalue weighted by atomic mass is 32.2. The molecule has 0 unspecified atom stereocenters. The Morgan fingerprint density at radius 2 is 2.04 bits per heavy atom. The molecule has 1 aromatic carbocycles. The lowest BCUT2D eigenvalue weighted by atomic mass is 10.2. The van der Waals surface area contributed by atoms with Crippen molar-refractivity contribution in [3.8, 4) is 17.9 Å². The van der Waals surface area contributed by atoms with Crippen LogP contribution in [0.1, 0.15) is 25.0 Å². The Bertz CT molecular complexity index is 901. The summed E-state index contributed by atoms with van der Waals surface area (Å²) in [4.78, 5) is 16.6. The lowest BCUT2D eigenvalue weighted by molar-refractivity contribution is -0.115. The third-order valence-corrected chi connectivity index (χ3v) is 4.46. The number of rotatable bonds is 6. The number of anilines is 2. The number of hydrogen-bond donors (Lipinski definition) is 2. The molecule has 0 aliphatic carbocycles. The lowest BCUT2D eigenvalue weighted by Gasteiger charge is -2.15. The third-order valence-electron chi connectivity index (χ3n) is 3.36. The maximum absolute atomic E-state index is 12.5. The van der Waals surface area contributed by atoms with Gasteiger partial charge in [0.15, 0.2) is 0 Å². The molecule has 8 heteroatoms. The van der Waals surface area contributed by atoms with Crippen molar-refractivity contribution in [3.05, 3.63) is 41.5 Å². The number of benzene rings is 1. The molecule has 0 aliphatic rings. The summed E-state index contributed by atoms with van der Waals surface area (Å²) in [7, 11) is 0. The zero-order chi connectivity index (χ0) is 19.1. The molecule has 0 saturated carbocycles. The number of nitrogens with zero attached hydrogens (tertiary/aromatic N) is 3. The van der Waals surface area contributed by atoms with Gasteiger partial charge in [-0.2, -0.15) is 10.5 Å². The second-order valence-electron chi connectivity index (χ2n) is 5.18. The van der Waals surface area contributed by atoms with Gasteiger partial charge in [-0.15, -0.1) is 0 Å². The predicted octanol–water partition coefficient (Wildman–Crippen LogP) is 2.93. The maximum Gasteiger partial charge on any atom is 0.237 e. The van der Waals surface area contributed by atoms with Crippen LogP contribution in [-0.2, 0) is 4.79 Å². The number of aromatic nitrogens is 1. The van der Waals surface area contributed by atoms with Crippen molar-refractivity contribution in [2.75, 3.05) is 17.7 Å². The Labute approximate surface area is 155 Å². The topological polar surface area (TPSA) is 125 Å². The quantitative estimate of drug-likeness (QED) is 0.752. The molecule has 3 N–H and O–H groups in total. The van der Waals surface area contributed by atoms with Crippen molar-refractivity contribution in [2.45, 2.75) is 24.1 Å². The molecule has 0 aliphatic heterocycles. The summed E-state index contributed by atoms with van der Waals surface area (Å²) in [6.45, 7) is 4.04. The van der Waals surface area contributed by atoms with Gasteiger partial charge >= 0.3 is 0 Å². The second kappa shape index (κ2) is 8.75. The van der Waals surface area contributed by atoms with Crippen LogP contribution in [-0.4, -0.2) is 22.7 Å². The number of pyridine rings is 1. The van der Waals surface area contributed by atoms with Gasteiger partial charge in [0.25, 0.3) is 0 Å². The van der Waals surface area contributed by atoms with Gasteiger partial charge in [0.05, 0.1) is 28.7 Å². The van der Waals surface area contributed by atoms with E-state index in [1.165, 1.54) is 6.07 Å². The van der Waals surface area contributed by atoms with Crippen LogP contribution in [0.25, 0.3) is 0 Å². The molecule has 1 amide bonds. The molecule has 7 nitrogen and oxygen atoms in total. The Morgan fingerprint density at radius 1 is 1.35 bits per heavy atom. The number of nitriles is 2. The van der Waals surface area contributed by atoms with Crippen LogP contribution in [0, 0.1) is 22.7 Å². The average molecular weight is 367 g/mol. The summed E-state index contributed by atoms with van der Waals surface area (Å²) < 4.78 is 5.49. The minimum Gasteiger partial charge on any atom is -0.492 e. The van der Waals surface area contributed by atoms with Crippen molar-refractivity contribution in [2.24, 2.45) is 0 Å². The number of nitrogen functional groups attached to an aromatic ring is 1. The number of thioether (sulfide) groups is 1. The number of carbonyl (C=O) groups excluding carboxylic acids is 1. The molecule has 2 aromatic rings. The standard InChI is InChI=1S/C18H17N5O2S/c1-3-25-15-7-5-4-6-14(15)22-17(24)11(2)26-18-13(10-20)8-12(9-19)16(21)23-18/h4-8,11H,3H2,1-2H3,(H2,21,23)(H,22,24)/t11-/m1/s1. The molecule has 1 aromatic heterocycles. The molecule has 1 atom stereocenters. The molecule has 0 radical (unpaired) electrons. The fraction of sp³-hybridized carbons (Fsp3) is 0.222. The molecule has 0 bridgehead atoms. The summed E-state index contributed by atoms with van der Waals surface area (Å²) in [5.41, 5.74) is 6.62. The molecular formula is C18H17N5O2S. The molecule has 2 rings (SSSR count). The Balaban J connectivity index is 2.17. The number of ether oxygens (including phenoxy) is 1. The van der Waals surface area contributed by atoms with E-state index in [-0.39, 0.29) is 22.9 Å². The summed E-state index contributed by atoms with van der Waals surface area (Å²) in [6.07, 6.45) is 0. The van der Waals surface area contributed by atoms with E-state index < -0.39 is 5.25 Å². The van der Waals surface area contributed by atoms with Gasteiger partial charge in [0.2, 0.25) is 5.91 Å². The van der Waals surface area contributed by atoms with E-state index >= 15 is 0 Å². The first kappa shape index (κ1) is 19.1. The summed E-state index contributed by atoms with van der Waals surface area (Å²) in [5.74, 6) is 0.345. The Kier molecular flexibility index (Phi) is 6.42. The second-order valence-corrected chi connectivity index (χ2v) is 6.51. The fourth-order valence-electron chi connectivity index (χ4n) is 2.08. The third kappa shape index (κ3) is 4.44. The van der Waals surface area contributed by atoms with Gasteiger partial charge in [0.1, 0.15) is 28.7 Å². The van der Waals surface area contributed by atoms with Gasteiger partial charge in [0, 0.05) is 0 Å². The average Bonchev–Trinajstić information content (AvgIpc) is 2.63. The first-order valence-corrected chi connectivity index (χ1v) is 8.68. The van der Waals surface area contributed by atoms with E-state index in [1.807, 2.05) is 25.1 Å². The van der Waals surface area contributed by atoms with Crippen molar-refractivity contribution >= 4 is 29.2 Å². The van der Waals surface area contributed by atoms with E-state index in [9.17, 15) is 10.1 Å². The largest absolute Gasteiger partial charge is 0.492 e. The molecule has 1 heterocycles. The van der Waals surface area contributed by atoms with Crippen LogP contribution in [0.4, 0.5) is 11.5 Å². The molecular weight excluding hydrogens is 350 g/mol. The van der Waals surface area contributed by atoms with Crippen LogP contribution in [0.5, 0.6) is 5.75 Å². The number of amides is 1. The highest BCUT2D eigenvalue weighted by Gasteiger charge is 2.20. The molecule has 0 saturated heterocycles. The van der Waals surface area contributed by atoms with E-state index in [1.54, 1.807) is 25.1 Å². The zero-order valence-electron chi connectivity index (χ0n) is 14.3. The monoisotopic (exact) mass is 367 g/mol. The van der Waals surface area contributed by atoms with Crippen LogP contribution >= 0.6 is 11.8 Å². The summed E-state index contributed by atoms with van der Waals surface area (Å²) in [6, 6.07) is 12.4. The van der Waals surface area contributed by atoms with E-state index in [0.29, 0.717) is 23.1 Å². The SMILES string of the molecule is CCOc1ccccc1NC(=O)[C@@H](C)Sc1nc(N)c(C#N)cc1C#N. The molecule has 26 heavy (non-hydrogen) atoms. The normalized spacial score (nSPS) is 11.1. The van der Waals surface area contributed by atoms with Crippen LogP contribution in [0.2, 0.25) is 0 Å². The van der Waals surface area contributed by atoms with Gasteiger partial charge in [-0.1, -0.05) is 23.9 Å². The Hall–Kier alpha value is -3.23. The van der Waals surface area contributed by atoms with Gasteiger partial charge in [-0.3, -0.25) is 4.79 Å². The van der Waals surface area contributed by atoms with Gasteiger partial charge in [-0.05, 0) is 32.0 Å². The lowest BCUT2D eigenvalue weighted by Crippen LogP contribution is -2.23. The van der Waals surface area contributed by atoms with E-state index in [0.717, 1.165) is 11.8 Å². The summed E-state index contributed by atoms with van der Waals surface area (Å²) in [5, 5.41) is 20.8. The first-order valence-electron chi connectivity index (χ1n) is 7.80. The van der Waals surface area contributed by atoms with Crippen LogP contribution in [0.3, 0.4) is 0 Å². The molecule has 132 valence electrons. The van der Waals surface area contributed by atoms with E-state index in [4.69, 9.17) is 15.7 Å². The summed E-state index contributed by atoms with van der Waals surface area (Å²) >= 11 is 1.10. The van der Waals surface area contributed by atoms with Crippen LogP contribution < -0.4 is 15.8 Å². The van der Waals surface area contributed by atoms with Crippen molar-refractivity contribution in [1.82, 2.24) is 4.98 Å². The number of hydrogen-bond acceptors (Lipinski definition) is 7. The Morgan fingerprint density at radius 3 is 2.69 bits per heavy atom. The molecule has 0 fully saturated rings. The predicted molar refractivity (Wildman–Crippen MR) is 99.6 cm³/mol. The van der Waals surface area contributed by atoms with Gasteiger partial charge in [-0.25, -0.2) is 4.98 Å². The minimum absolute atomic E-state index is 0.0308. The smallest absolute Gasteiger partial charge is 0.237 e. The number of carbonyl (C=O) groups is 1. The maximum atomic E-state index is 12.5. The number of para-hydroxylation sites is 2. The highest BCUT2D eigenvalue weighted by molar-refractivity contribution is 8.00. The van der Waals surface area contributed by atoms with Crippen LogP contribution in [0.15, 0.2) is 35.4 Å². The van der Waals surface area contributed by atoms with Crippen molar-refractivity contribution < 1.29 is 9.53 Å². The highest BCUT2D eigenvalue weighted by Crippen LogP contribution is 2.29. The van der Waals surface area contributed by atoms with Crippen molar-refractivity contribution in [3.63, 3.8) is 0 Å². The zero-order valence-corrected chi connectivity index (χ0v) is 15.1. The van der Waals surface area contributed by atoms with E-state index in [2.05, 4.69) is 10.3 Å². The minimum atomic E-state index is -0.545. The fourth-order valence-corrected chi connectivity index (χ4v) is 2.96.